The molecule has 0 bridgehead atoms. The van der Waals surface area contributed by atoms with E-state index in [1.54, 1.807) is 7.11 Å². The molecule has 0 fully saturated rings. The van der Waals surface area contributed by atoms with Crippen LogP contribution in [0.1, 0.15) is 44.9 Å². The summed E-state index contributed by atoms with van der Waals surface area (Å²) in [7, 11) is -0.279. The van der Waals surface area contributed by atoms with Crippen LogP contribution in [0.15, 0.2) is 54.2 Å². The second kappa shape index (κ2) is 10.3. The zero-order chi connectivity index (χ0) is 19.7. The maximum absolute atomic E-state index is 6.67. The molecule has 2 aromatic rings. The Bertz CT molecular complexity index is 703. The Kier molecular flexibility index (Phi) is 8.14. The Balaban J connectivity index is 2.12. The van der Waals surface area contributed by atoms with Gasteiger partial charge in [0, 0.05) is 0 Å². The van der Waals surface area contributed by atoms with Gasteiger partial charge in [0.1, 0.15) is 11.5 Å². The predicted molar refractivity (Wildman–Crippen MR) is 116 cm³/mol. The summed E-state index contributed by atoms with van der Waals surface area (Å²) in [4.78, 5) is 0. The van der Waals surface area contributed by atoms with Crippen molar-refractivity contribution in [2.75, 3.05) is 13.7 Å². The Morgan fingerprint density at radius 3 is 2.00 bits per heavy atom. The summed E-state index contributed by atoms with van der Waals surface area (Å²) >= 11 is 0. The summed E-state index contributed by atoms with van der Waals surface area (Å²) in [5.74, 6) is 1.78. The van der Waals surface area contributed by atoms with Crippen molar-refractivity contribution in [1.82, 2.24) is 0 Å². The summed E-state index contributed by atoms with van der Waals surface area (Å²) in [5, 5.41) is 0. The van der Waals surface area contributed by atoms with E-state index in [0.29, 0.717) is 6.61 Å². The van der Waals surface area contributed by atoms with Gasteiger partial charge in [-0.25, -0.2) is 0 Å². The van der Waals surface area contributed by atoms with Gasteiger partial charge in [-0.15, -0.1) is 0 Å². The summed E-state index contributed by atoms with van der Waals surface area (Å²) in [6.45, 7) is 9.29. The highest BCUT2D eigenvalue weighted by Gasteiger charge is 2.30. The molecule has 0 aromatic heterocycles. The lowest BCUT2D eigenvalue weighted by Gasteiger charge is -2.30. The van der Waals surface area contributed by atoms with Crippen LogP contribution in [0.5, 0.6) is 11.5 Å². The minimum absolute atomic E-state index is 0.0625. The summed E-state index contributed by atoms with van der Waals surface area (Å²) in [6, 6.07) is 18.5. The Labute approximate surface area is 165 Å². The third-order valence-corrected chi connectivity index (χ3v) is 8.96. The molecule has 3 nitrogen and oxygen atoms in total. The van der Waals surface area contributed by atoms with Crippen molar-refractivity contribution >= 4 is 14.4 Å². The lowest BCUT2D eigenvalue weighted by Crippen LogP contribution is -2.35. The molecule has 2 rings (SSSR count). The van der Waals surface area contributed by atoms with E-state index in [0.717, 1.165) is 23.6 Å². The second-order valence-electron chi connectivity index (χ2n) is 6.64. The van der Waals surface area contributed by atoms with Gasteiger partial charge in [0.25, 0.3) is 0 Å². The third-order valence-electron chi connectivity index (χ3n) is 4.96. The van der Waals surface area contributed by atoms with Crippen LogP contribution >= 0.6 is 0 Å². The van der Waals surface area contributed by atoms with E-state index in [9.17, 15) is 0 Å². The number of methoxy groups -OCH3 is 1. The normalized spacial score (nSPS) is 12.9. The van der Waals surface area contributed by atoms with Crippen LogP contribution in [0, 0.1) is 0 Å². The van der Waals surface area contributed by atoms with Gasteiger partial charge < -0.3 is 13.9 Å². The molecule has 0 heterocycles. The fraction of sp³-hybridized carbons (Fsp3) is 0.391. The van der Waals surface area contributed by atoms with Crippen molar-refractivity contribution < 1.29 is 13.9 Å². The van der Waals surface area contributed by atoms with E-state index >= 15 is 0 Å². The van der Waals surface area contributed by atoms with Crippen molar-refractivity contribution in [3.8, 4) is 11.5 Å². The maximum Gasteiger partial charge on any atom is 0.217 e. The lowest BCUT2D eigenvalue weighted by atomic mass is 10.1. The molecule has 0 saturated carbocycles. The minimum atomic E-state index is -1.97. The Morgan fingerprint density at radius 1 is 0.889 bits per heavy atom. The Morgan fingerprint density at radius 2 is 1.48 bits per heavy atom. The highest BCUT2D eigenvalue weighted by atomic mass is 28.4. The van der Waals surface area contributed by atoms with Crippen LogP contribution in [0.4, 0.5) is 0 Å². The molecule has 1 atom stereocenters. The second-order valence-corrected chi connectivity index (χ2v) is 10.8. The van der Waals surface area contributed by atoms with E-state index in [2.05, 4.69) is 56.8 Å². The van der Waals surface area contributed by atoms with Crippen LogP contribution in [0.3, 0.4) is 0 Å². The number of rotatable bonds is 10. The molecule has 27 heavy (non-hydrogen) atoms. The average Bonchev–Trinajstić information content (AvgIpc) is 2.72. The SMILES string of the molecule is CCOc1ccc(C=C[Si](CC)(CC)OC(C)c2ccc(OC)cc2)cc1. The smallest absolute Gasteiger partial charge is 0.217 e. The summed E-state index contributed by atoms with van der Waals surface area (Å²) < 4.78 is 17.4. The fourth-order valence-corrected chi connectivity index (χ4v) is 5.80. The first-order valence-corrected chi connectivity index (χ1v) is 12.2. The molecule has 1 unspecified atom stereocenters. The zero-order valence-corrected chi connectivity index (χ0v) is 18.2. The van der Waals surface area contributed by atoms with E-state index < -0.39 is 8.32 Å². The fourth-order valence-electron chi connectivity index (χ4n) is 3.08. The quantitative estimate of drug-likeness (QED) is 0.443. The van der Waals surface area contributed by atoms with Gasteiger partial charge in [-0.2, -0.15) is 0 Å². The number of hydrogen-bond donors (Lipinski definition) is 0. The topological polar surface area (TPSA) is 27.7 Å². The monoisotopic (exact) mass is 384 g/mol. The highest BCUT2D eigenvalue weighted by molar-refractivity contribution is 6.79. The van der Waals surface area contributed by atoms with Crippen molar-refractivity contribution in [2.24, 2.45) is 0 Å². The summed E-state index contributed by atoms with van der Waals surface area (Å²) in [5.41, 5.74) is 4.70. The molecule has 0 radical (unpaired) electrons. The van der Waals surface area contributed by atoms with Gasteiger partial charge in [-0.05, 0) is 61.3 Å². The number of benzene rings is 2. The van der Waals surface area contributed by atoms with E-state index in [-0.39, 0.29) is 6.10 Å². The van der Waals surface area contributed by atoms with Gasteiger partial charge in [0.05, 0.1) is 19.8 Å². The van der Waals surface area contributed by atoms with Gasteiger partial charge in [0.15, 0.2) is 0 Å². The molecular formula is C23H32O3Si. The van der Waals surface area contributed by atoms with E-state index in [4.69, 9.17) is 13.9 Å². The van der Waals surface area contributed by atoms with Crippen LogP contribution in [-0.2, 0) is 4.43 Å². The Hall–Kier alpha value is -2.04. The predicted octanol–water partition coefficient (Wildman–Crippen LogP) is 6.41. The molecule has 0 aliphatic carbocycles. The van der Waals surface area contributed by atoms with Gasteiger partial charge in [0.2, 0.25) is 8.32 Å². The molecule has 0 saturated heterocycles. The molecule has 0 aliphatic heterocycles. The first kappa shape index (κ1) is 21.3. The first-order valence-electron chi connectivity index (χ1n) is 9.79. The molecule has 0 spiro atoms. The molecule has 0 N–H and O–H groups in total. The van der Waals surface area contributed by atoms with E-state index in [1.165, 1.54) is 11.1 Å². The molecule has 0 aliphatic rings. The maximum atomic E-state index is 6.67. The van der Waals surface area contributed by atoms with E-state index in [1.807, 2.05) is 31.2 Å². The van der Waals surface area contributed by atoms with Crippen LogP contribution < -0.4 is 9.47 Å². The third kappa shape index (κ3) is 5.98. The van der Waals surface area contributed by atoms with Crippen LogP contribution in [0.25, 0.3) is 6.08 Å². The van der Waals surface area contributed by atoms with Gasteiger partial charge in [-0.3, -0.25) is 0 Å². The highest BCUT2D eigenvalue weighted by Crippen LogP contribution is 2.29. The first-order chi connectivity index (χ1) is 13.1. The van der Waals surface area contributed by atoms with Gasteiger partial charge in [-0.1, -0.05) is 49.9 Å². The molecule has 4 heteroatoms. The number of ether oxygens (including phenoxy) is 2. The van der Waals surface area contributed by atoms with Crippen molar-refractivity contribution in [1.29, 1.82) is 0 Å². The zero-order valence-electron chi connectivity index (χ0n) is 17.2. The van der Waals surface area contributed by atoms with Crippen molar-refractivity contribution in [3.05, 3.63) is 65.4 Å². The van der Waals surface area contributed by atoms with Gasteiger partial charge >= 0.3 is 0 Å². The molecule has 0 amide bonds. The number of hydrogen-bond acceptors (Lipinski definition) is 3. The molecule has 2 aromatic carbocycles. The standard InChI is InChI=1S/C23H32O3Si/c1-6-25-23-13-9-20(10-14-23)17-18-27(7-2,8-3)26-19(4)21-11-15-22(24-5)16-12-21/h9-19H,6-8H2,1-5H3. The largest absolute Gasteiger partial charge is 0.497 e. The van der Waals surface area contributed by atoms with Crippen LogP contribution in [0.2, 0.25) is 12.1 Å². The van der Waals surface area contributed by atoms with Crippen molar-refractivity contribution in [2.45, 2.75) is 45.9 Å². The minimum Gasteiger partial charge on any atom is -0.497 e. The molecule has 146 valence electrons. The lowest BCUT2D eigenvalue weighted by molar-refractivity contribution is 0.216. The average molecular weight is 385 g/mol. The summed E-state index contributed by atoms with van der Waals surface area (Å²) in [6.07, 6.45) is 2.27. The van der Waals surface area contributed by atoms with Crippen molar-refractivity contribution in [3.63, 3.8) is 0 Å². The molecular weight excluding hydrogens is 352 g/mol. The van der Waals surface area contributed by atoms with Crippen LogP contribution in [-0.4, -0.2) is 22.0 Å².